The number of rotatable bonds is 4. The molecule has 0 heterocycles. The third-order valence-electron chi connectivity index (χ3n) is 5.22. The van der Waals surface area contributed by atoms with Crippen molar-refractivity contribution in [1.82, 2.24) is 5.32 Å². The van der Waals surface area contributed by atoms with Gasteiger partial charge in [0.15, 0.2) is 0 Å². The Hall–Kier alpha value is -1.02. The van der Waals surface area contributed by atoms with Gasteiger partial charge in [-0.15, -0.1) is 0 Å². The second kappa shape index (κ2) is 6.17. The first-order chi connectivity index (χ1) is 9.83. The van der Waals surface area contributed by atoms with Gasteiger partial charge < -0.3 is 10.1 Å². The van der Waals surface area contributed by atoms with Gasteiger partial charge in [-0.05, 0) is 68.7 Å². The quantitative estimate of drug-likeness (QED) is 0.886. The van der Waals surface area contributed by atoms with Gasteiger partial charge in [0.2, 0.25) is 0 Å². The molecule has 2 aliphatic rings. The van der Waals surface area contributed by atoms with E-state index in [-0.39, 0.29) is 0 Å². The molecule has 2 nitrogen and oxygen atoms in total. The minimum Gasteiger partial charge on any atom is -0.490 e. The largest absolute Gasteiger partial charge is 0.490 e. The molecule has 1 aromatic rings. The smallest absolute Gasteiger partial charge is 0.123 e. The van der Waals surface area contributed by atoms with Crippen molar-refractivity contribution in [3.8, 4) is 5.75 Å². The van der Waals surface area contributed by atoms with Crippen LogP contribution in [0.1, 0.15) is 62.6 Å². The Labute approximate surface area is 122 Å². The molecule has 1 aromatic carbocycles. The summed E-state index contributed by atoms with van der Waals surface area (Å²) >= 11 is 0. The molecule has 1 N–H and O–H groups in total. The van der Waals surface area contributed by atoms with Gasteiger partial charge in [-0.1, -0.05) is 25.5 Å². The summed E-state index contributed by atoms with van der Waals surface area (Å²) in [5, 5.41) is 3.42. The average molecular weight is 273 g/mol. The number of benzene rings is 1. The summed E-state index contributed by atoms with van der Waals surface area (Å²) in [4.78, 5) is 0. The van der Waals surface area contributed by atoms with Crippen LogP contribution in [-0.2, 0) is 6.42 Å². The predicted molar refractivity (Wildman–Crippen MR) is 83.2 cm³/mol. The highest BCUT2D eigenvalue weighted by Gasteiger charge is 2.28. The third-order valence-corrected chi connectivity index (χ3v) is 5.22. The molecule has 2 heteroatoms. The van der Waals surface area contributed by atoms with Crippen molar-refractivity contribution < 1.29 is 4.74 Å². The maximum Gasteiger partial charge on any atom is 0.123 e. The number of hydrogen-bond acceptors (Lipinski definition) is 2. The zero-order valence-electron chi connectivity index (χ0n) is 12.8. The highest BCUT2D eigenvalue weighted by Crippen LogP contribution is 2.39. The number of fused-ring (bicyclic) bond motifs is 1. The number of hydrogen-bond donors (Lipinski definition) is 1. The Morgan fingerprint density at radius 3 is 2.85 bits per heavy atom. The summed E-state index contributed by atoms with van der Waals surface area (Å²) in [7, 11) is 2.06. The molecule has 1 saturated carbocycles. The molecular weight excluding hydrogens is 246 g/mol. The van der Waals surface area contributed by atoms with Gasteiger partial charge in [-0.25, -0.2) is 0 Å². The van der Waals surface area contributed by atoms with Crippen molar-refractivity contribution >= 4 is 0 Å². The Bertz CT molecular complexity index is 457. The van der Waals surface area contributed by atoms with Gasteiger partial charge in [-0.3, -0.25) is 0 Å². The van der Waals surface area contributed by atoms with Gasteiger partial charge >= 0.3 is 0 Å². The fraction of sp³-hybridized carbons (Fsp3) is 0.667. The second-order valence-corrected chi connectivity index (χ2v) is 6.31. The van der Waals surface area contributed by atoms with Crippen LogP contribution in [0.5, 0.6) is 5.75 Å². The molecule has 3 atom stereocenters. The SMILES string of the molecule is CCC1CCCCC1Oc1cccc2c1CCC2NC. The van der Waals surface area contributed by atoms with E-state index in [0.29, 0.717) is 12.1 Å². The number of nitrogens with one attached hydrogen (secondary N) is 1. The van der Waals surface area contributed by atoms with E-state index in [4.69, 9.17) is 4.74 Å². The summed E-state index contributed by atoms with van der Waals surface area (Å²) in [6, 6.07) is 7.11. The molecule has 0 bridgehead atoms. The zero-order chi connectivity index (χ0) is 13.9. The Kier molecular flexibility index (Phi) is 4.30. The molecule has 0 aromatic heterocycles. The van der Waals surface area contributed by atoms with E-state index in [0.717, 1.165) is 18.1 Å². The minimum atomic E-state index is 0.439. The Morgan fingerprint density at radius 2 is 2.05 bits per heavy atom. The predicted octanol–water partition coefficient (Wildman–Crippen LogP) is 4.24. The highest BCUT2D eigenvalue weighted by atomic mass is 16.5. The monoisotopic (exact) mass is 273 g/mol. The summed E-state index contributed by atoms with van der Waals surface area (Å²) in [6.45, 7) is 2.30. The molecule has 0 aliphatic heterocycles. The number of ether oxygens (including phenoxy) is 1. The molecule has 0 spiro atoms. The van der Waals surface area contributed by atoms with Crippen molar-refractivity contribution in [3.63, 3.8) is 0 Å². The Balaban J connectivity index is 1.79. The first-order valence-electron chi connectivity index (χ1n) is 8.29. The van der Waals surface area contributed by atoms with E-state index in [2.05, 4.69) is 37.5 Å². The van der Waals surface area contributed by atoms with Crippen LogP contribution in [0.25, 0.3) is 0 Å². The third kappa shape index (κ3) is 2.58. The normalized spacial score (nSPS) is 29.2. The van der Waals surface area contributed by atoms with E-state index in [1.807, 2.05) is 0 Å². The first-order valence-corrected chi connectivity index (χ1v) is 8.29. The van der Waals surface area contributed by atoms with Gasteiger partial charge in [0, 0.05) is 6.04 Å². The molecule has 20 heavy (non-hydrogen) atoms. The molecule has 110 valence electrons. The summed E-state index contributed by atoms with van der Waals surface area (Å²) in [6.07, 6.45) is 9.33. The lowest BCUT2D eigenvalue weighted by Gasteiger charge is -2.32. The Morgan fingerprint density at radius 1 is 1.20 bits per heavy atom. The fourth-order valence-electron chi connectivity index (χ4n) is 3.99. The molecule has 1 fully saturated rings. The van der Waals surface area contributed by atoms with E-state index in [1.54, 1.807) is 0 Å². The topological polar surface area (TPSA) is 21.3 Å². The van der Waals surface area contributed by atoms with E-state index >= 15 is 0 Å². The lowest BCUT2D eigenvalue weighted by Crippen LogP contribution is -2.30. The molecule has 0 radical (unpaired) electrons. The fourth-order valence-corrected chi connectivity index (χ4v) is 3.99. The first kappa shape index (κ1) is 13.9. The van der Waals surface area contributed by atoms with Crippen LogP contribution in [0.2, 0.25) is 0 Å². The summed E-state index contributed by atoms with van der Waals surface area (Å²) < 4.78 is 6.47. The maximum atomic E-state index is 6.47. The van der Waals surface area contributed by atoms with Gasteiger partial charge in [0.05, 0.1) is 0 Å². The van der Waals surface area contributed by atoms with E-state index in [9.17, 15) is 0 Å². The molecule has 0 amide bonds. The van der Waals surface area contributed by atoms with Crippen LogP contribution in [0.3, 0.4) is 0 Å². The van der Waals surface area contributed by atoms with E-state index < -0.39 is 0 Å². The van der Waals surface area contributed by atoms with Crippen molar-refractivity contribution in [2.45, 2.75) is 64.0 Å². The van der Waals surface area contributed by atoms with Crippen LogP contribution in [-0.4, -0.2) is 13.2 Å². The molecule has 2 aliphatic carbocycles. The summed E-state index contributed by atoms with van der Waals surface area (Å²) in [5.41, 5.74) is 2.90. The second-order valence-electron chi connectivity index (χ2n) is 6.31. The lowest BCUT2D eigenvalue weighted by atomic mass is 9.84. The lowest BCUT2D eigenvalue weighted by molar-refractivity contribution is 0.0895. The molecular formula is C18H27NO. The van der Waals surface area contributed by atoms with Crippen molar-refractivity contribution in [3.05, 3.63) is 29.3 Å². The van der Waals surface area contributed by atoms with Gasteiger partial charge in [-0.2, -0.15) is 0 Å². The van der Waals surface area contributed by atoms with Gasteiger partial charge in [0.25, 0.3) is 0 Å². The maximum absolute atomic E-state index is 6.47. The average Bonchev–Trinajstić information content (AvgIpc) is 2.92. The van der Waals surface area contributed by atoms with Crippen molar-refractivity contribution in [2.75, 3.05) is 7.05 Å². The molecule has 3 rings (SSSR count). The highest BCUT2D eigenvalue weighted by molar-refractivity contribution is 5.45. The van der Waals surface area contributed by atoms with Crippen LogP contribution in [0.15, 0.2) is 18.2 Å². The van der Waals surface area contributed by atoms with Crippen molar-refractivity contribution in [1.29, 1.82) is 0 Å². The molecule has 3 unspecified atom stereocenters. The minimum absolute atomic E-state index is 0.439. The van der Waals surface area contributed by atoms with Crippen LogP contribution in [0.4, 0.5) is 0 Å². The standard InChI is InChI=1S/C18H27NO/c1-3-13-7-4-5-9-17(13)20-18-10-6-8-14-15(18)11-12-16(14)19-2/h6,8,10,13,16-17,19H,3-5,7,9,11-12H2,1-2H3. The molecule has 0 saturated heterocycles. The van der Waals surface area contributed by atoms with Crippen LogP contribution < -0.4 is 10.1 Å². The van der Waals surface area contributed by atoms with Gasteiger partial charge in [0.1, 0.15) is 11.9 Å². The van der Waals surface area contributed by atoms with Crippen LogP contribution in [0, 0.1) is 5.92 Å². The van der Waals surface area contributed by atoms with E-state index in [1.165, 1.54) is 49.7 Å². The van der Waals surface area contributed by atoms with Crippen LogP contribution >= 0.6 is 0 Å². The zero-order valence-corrected chi connectivity index (χ0v) is 12.8. The van der Waals surface area contributed by atoms with Crippen molar-refractivity contribution in [2.24, 2.45) is 5.92 Å². The summed E-state index contributed by atoms with van der Waals surface area (Å²) in [5.74, 6) is 1.91.